The summed E-state index contributed by atoms with van der Waals surface area (Å²) in [7, 11) is -9.26. The van der Waals surface area contributed by atoms with Gasteiger partial charge in [-0.05, 0) is 97.8 Å². The number of amides is 4. The first kappa shape index (κ1) is 36.1. The smallest absolute Gasteiger partial charge is 0.323 e. The number of carbonyl (C=O) groups excluding carboxylic acids is 3. The summed E-state index contributed by atoms with van der Waals surface area (Å²) in [5.41, 5.74) is 2.04. The number of hydrogen-bond acceptors (Lipinski definition) is 9. The summed E-state index contributed by atoms with van der Waals surface area (Å²) in [5, 5.41) is 22.1. The summed E-state index contributed by atoms with van der Waals surface area (Å²) in [4.78, 5) is 46.9. The van der Waals surface area contributed by atoms with Crippen molar-refractivity contribution in [1.29, 1.82) is 0 Å². The molecule has 0 radical (unpaired) electrons. The highest BCUT2D eigenvalue weighted by molar-refractivity contribution is 7.87. The number of rotatable bonds is 6. The average Bonchev–Trinajstić information content (AvgIpc) is 3.07. The van der Waals surface area contributed by atoms with Gasteiger partial charge in [-0.15, -0.1) is 0 Å². The number of allylic oxidation sites excluding steroid dienone is 8. The molecule has 0 aromatic heterocycles. The summed E-state index contributed by atoms with van der Waals surface area (Å²) < 4.78 is 67.7. The van der Waals surface area contributed by atoms with Crippen molar-refractivity contribution in [3.63, 3.8) is 0 Å². The molecule has 4 unspecified atom stereocenters. The number of aliphatic hydroxyl groups is 2. The number of urea groups is 1. The van der Waals surface area contributed by atoms with Crippen LogP contribution in [0.2, 0.25) is 0 Å². The normalized spacial score (nSPS) is 24.1. The Morgan fingerprint density at radius 1 is 0.615 bits per heavy atom. The molecule has 0 heterocycles. The molecule has 6 N–H and O–H groups in total. The Morgan fingerprint density at radius 2 is 0.981 bits per heavy atom. The van der Waals surface area contributed by atoms with Crippen molar-refractivity contribution < 1.29 is 50.5 Å². The van der Waals surface area contributed by atoms with Crippen LogP contribution in [0.3, 0.4) is 0 Å². The molecule has 0 saturated heterocycles. The molecule has 2 aromatic carbocycles. The Kier molecular flexibility index (Phi) is 9.78. The van der Waals surface area contributed by atoms with E-state index in [-0.39, 0.29) is 34.1 Å². The first-order valence-corrected chi connectivity index (χ1v) is 18.6. The summed E-state index contributed by atoms with van der Waals surface area (Å²) in [6.07, 6.45) is 11.6. The van der Waals surface area contributed by atoms with Crippen LogP contribution in [0.1, 0.15) is 33.6 Å². The molecule has 4 aliphatic carbocycles. The lowest BCUT2D eigenvalue weighted by Crippen LogP contribution is -2.37. The average molecular weight is 747 g/mol. The molecule has 4 amide bonds. The van der Waals surface area contributed by atoms with Crippen molar-refractivity contribution in [2.45, 2.75) is 23.3 Å². The molecule has 6 rings (SSSR count). The predicted molar refractivity (Wildman–Crippen MR) is 192 cm³/mol. The minimum absolute atomic E-state index is 0.0984. The number of hydrogen-bond donors (Lipinski definition) is 6. The zero-order valence-corrected chi connectivity index (χ0v) is 28.5. The maximum atomic E-state index is 13.0. The fraction of sp³-hybridized carbons (Fsp3) is 0.171. The Balaban J connectivity index is 1.08. The summed E-state index contributed by atoms with van der Waals surface area (Å²) in [6, 6.07) is 10.8. The van der Waals surface area contributed by atoms with Crippen molar-refractivity contribution in [2.75, 3.05) is 10.6 Å². The zero-order valence-electron chi connectivity index (χ0n) is 26.8. The highest BCUT2D eigenvalue weighted by Gasteiger charge is 2.41. The molecule has 17 heteroatoms. The molecule has 0 bridgehead atoms. The van der Waals surface area contributed by atoms with E-state index in [4.69, 9.17) is 0 Å². The van der Waals surface area contributed by atoms with Crippen LogP contribution in [0.25, 0.3) is 0 Å². The summed E-state index contributed by atoms with van der Waals surface area (Å²) >= 11 is 0. The highest BCUT2D eigenvalue weighted by Crippen LogP contribution is 2.36. The van der Waals surface area contributed by atoms with Crippen molar-refractivity contribution in [2.24, 2.45) is 21.8 Å². The Bertz CT molecular complexity index is 2170. The molecule has 2 aromatic rings. The molecule has 0 saturated carbocycles. The summed E-state index contributed by atoms with van der Waals surface area (Å²) in [6.45, 7) is 0. The predicted octanol–water partition coefficient (Wildman–Crippen LogP) is 4.92. The SMILES string of the molecule is O=C(Nc1ccc(C(=O)N=C2C=CCC3=CC(O)=CC(S(=O)(=O)O)C32)cc1)Nc1ccc(C(=O)N=C2C=CCC3=CC(O)=CC(S(=O)(=O)O)C32)cc1. The van der Waals surface area contributed by atoms with Crippen molar-refractivity contribution in [3.05, 3.63) is 131 Å². The molecule has 15 nitrogen and oxygen atoms in total. The van der Waals surface area contributed by atoms with Crippen molar-refractivity contribution in [1.82, 2.24) is 0 Å². The second-order valence-corrected chi connectivity index (χ2v) is 15.3. The minimum Gasteiger partial charge on any atom is -0.508 e. The lowest BCUT2D eigenvalue weighted by molar-refractivity contribution is 0.0994. The number of fused-ring (bicyclic) bond motifs is 2. The van der Waals surface area contributed by atoms with Crippen LogP contribution >= 0.6 is 0 Å². The molecule has 268 valence electrons. The van der Waals surface area contributed by atoms with Crippen LogP contribution in [0.4, 0.5) is 16.2 Å². The van der Waals surface area contributed by atoms with Crippen LogP contribution in [-0.4, -0.2) is 75.9 Å². The molecule has 0 fully saturated rings. The number of nitrogens with zero attached hydrogens (tertiary/aromatic N) is 2. The number of aliphatic hydroxyl groups excluding tert-OH is 2. The first-order valence-electron chi connectivity index (χ1n) is 15.6. The largest absolute Gasteiger partial charge is 0.508 e. The van der Waals surface area contributed by atoms with E-state index in [0.717, 1.165) is 12.2 Å². The van der Waals surface area contributed by atoms with Crippen LogP contribution < -0.4 is 10.6 Å². The number of anilines is 2. The Labute approximate surface area is 297 Å². The lowest BCUT2D eigenvalue weighted by Gasteiger charge is -2.30. The van der Waals surface area contributed by atoms with E-state index in [9.17, 15) is 50.5 Å². The molecular formula is C35H30N4O11S2. The van der Waals surface area contributed by atoms with Gasteiger partial charge in [-0.1, -0.05) is 23.3 Å². The van der Waals surface area contributed by atoms with Crippen LogP contribution in [0, 0.1) is 11.8 Å². The third-order valence-electron chi connectivity index (χ3n) is 8.64. The van der Waals surface area contributed by atoms with E-state index in [1.165, 1.54) is 72.8 Å². The monoisotopic (exact) mass is 746 g/mol. The molecule has 0 aliphatic heterocycles. The second-order valence-electron chi connectivity index (χ2n) is 12.2. The number of carbonyl (C=O) groups is 3. The fourth-order valence-electron chi connectivity index (χ4n) is 6.31. The van der Waals surface area contributed by atoms with Crippen molar-refractivity contribution >= 4 is 60.9 Å². The van der Waals surface area contributed by atoms with E-state index >= 15 is 0 Å². The highest BCUT2D eigenvalue weighted by atomic mass is 32.2. The maximum absolute atomic E-state index is 13.0. The molecule has 4 atom stereocenters. The quantitative estimate of drug-likeness (QED) is 0.216. The number of aliphatic imine (C=N–C) groups is 2. The summed E-state index contributed by atoms with van der Waals surface area (Å²) in [5.74, 6) is -3.95. The van der Waals surface area contributed by atoms with E-state index in [1.807, 2.05) is 0 Å². The first-order chi connectivity index (χ1) is 24.6. The lowest BCUT2D eigenvalue weighted by atomic mass is 9.81. The molecule has 4 aliphatic rings. The third-order valence-corrected chi connectivity index (χ3v) is 10.8. The van der Waals surface area contributed by atoms with Gasteiger partial charge in [-0.25, -0.2) is 14.8 Å². The number of nitrogens with one attached hydrogen (secondary N) is 2. The van der Waals surface area contributed by atoms with E-state index in [2.05, 4.69) is 20.6 Å². The second kappa shape index (κ2) is 14.1. The van der Waals surface area contributed by atoms with Gasteiger partial charge in [0.05, 0.1) is 11.4 Å². The third kappa shape index (κ3) is 7.92. The van der Waals surface area contributed by atoms with Gasteiger partial charge in [0.25, 0.3) is 32.1 Å². The van der Waals surface area contributed by atoms with Gasteiger partial charge in [0.1, 0.15) is 22.0 Å². The van der Waals surface area contributed by atoms with Gasteiger partial charge in [0, 0.05) is 34.3 Å². The van der Waals surface area contributed by atoms with Gasteiger partial charge in [-0.2, -0.15) is 16.8 Å². The van der Waals surface area contributed by atoms with Gasteiger partial charge in [0.15, 0.2) is 0 Å². The molecular weight excluding hydrogens is 717 g/mol. The topological polar surface area (TPSA) is 249 Å². The van der Waals surface area contributed by atoms with Crippen LogP contribution in [0.15, 0.2) is 130 Å². The van der Waals surface area contributed by atoms with Crippen LogP contribution in [-0.2, 0) is 20.2 Å². The van der Waals surface area contributed by atoms with Gasteiger partial charge >= 0.3 is 6.03 Å². The Hall–Kier alpha value is -5.75. The minimum atomic E-state index is -4.63. The Morgan fingerprint density at radius 3 is 1.33 bits per heavy atom. The van der Waals surface area contributed by atoms with Gasteiger partial charge in [-0.3, -0.25) is 18.7 Å². The van der Waals surface area contributed by atoms with Gasteiger partial charge in [0.2, 0.25) is 0 Å². The molecule has 0 spiro atoms. The van der Waals surface area contributed by atoms with E-state index in [1.54, 1.807) is 12.2 Å². The van der Waals surface area contributed by atoms with Crippen molar-refractivity contribution in [3.8, 4) is 0 Å². The van der Waals surface area contributed by atoms with E-state index < -0.39 is 60.4 Å². The van der Waals surface area contributed by atoms with Gasteiger partial charge < -0.3 is 20.8 Å². The number of benzene rings is 2. The fourth-order valence-corrected chi connectivity index (χ4v) is 8.25. The zero-order chi connectivity index (χ0) is 37.4. The standard InChI is InChI=1S/C35H30N4O11S2/c40-25-15-21-3-1-5-27(31(21)29(17-25)51(45,46)47)38-33(42)19-7-11-23(12-8-19)36-35(44)37-24-13-9-20(10-14-24)34(43)39-28-6-2-4-22-16-26(41)18-30(32(22)28)52(48,49)50/h1-2,5-18,29-32,40-41H,3-4H2,(H2,36,37,44)(H,45,46,47)(H,48,49,50). The van der Waals surface area contributed by atoms with Crippen LogP contribution in [0.5, 0.6) is 0 Å². The molecule has 52 heavy (non-hydrogen) atoms. The van der Waals surface area contributed by atoms with E-state index in [0.29, 0.717) is 35.4 Å². The maximum Gasteiger partial charge on any atom is 0.323 e.